The quantitative estimate of drug-likeness (QED) is 0.862. The number of nitrogens with one attached hydrogen (secondary N) is 1. The molecule has 1 amide bonds. The standard InChI is InChI=1S/C15H20ClN3O/c1-10(2)8-11(16)9-17-15(20)14-12-6-4-5-7-13(12)19(3)18-14/h4-7,10-11H,8-9H2,1-3H3,(H,17,20). The Labute approximate surface area is 124 Å². The maximum Gasteiger partial charge on any atom is 0.272 e. The van der Waals surface area contributed by atoms with Crippen LogP contribution in [0.3, 0.4) is 0 Å². The summed E-state index contributed by atoms with van der Waals surface area (Å²) in [5.74, 6) is 0.348. The number of fused-ring (bicyclic) bond motifs is 1. The van der Waals surface area contributed by atoms with Gasteiger partial charge in [0.05, 0.1) is 10.9 Å². The van der Waals surface area contributed by atoms with Crippen molar-refractivity contribution >= 4 is 28.4 Å². The first-order valence-corrected chi connectivity index (χ1v) is 7.26. The Hall–Kier alpha value is -1.55. The van der Waals surface area contributed by atoms with Crippen molar-refractivity contribution in [2.24, 2.45) is 13.0 Å². The molecule has 0 fully saturated rings. The van der Waals surface area contributed by atoms with Crippen LogP contribution in [-0.4, -0.2) is 27.6 Å². The van der Waals surface area contributed by atoms with Gasteiger partial charge in [-0.3, -0.25) is 9.48 Å². The van der Waals surface area contributed by atoms with Gasteiger partial charge in [-0.05, 0) is 18.4 Å². The van der Waals surface area contributed by atoms with Crippen molar-refractivity contribution in [1.82, 2.24) is 15.1 Å². The van der Waals surface area contributed by atoms with Crippen LogP contribution in [0.4, 0.5) is 0 Å². The second-order valence-corrected chi connectivity index (χ2v) is 6.04. The molecule has 0 aliphatic heterocycles. The molecule has 5 heteroatoms. The lowest BCUT2D eigenvalue weighted by atomic mass is 10.1. The van der Waals surface area contributed by atoms with Crippen LogP contribution in [0.2, 0.25) is 0 Å². The molecule has 1 atom stereocenters. The summed E-state index contributed by atoms with van der Waals surface area (Å²) in [6.45, 7) is 4.69. The minimum atomic E-state index is -0.170. The Kier molecular flexibility index (Phi) is 4.65. The van der Waals surface area contributed by atoms with Crippen molar-refractivity contribution in [3.8, 4) is 0 Å². The van der Waals surface area contributed by atoms with E-state index in [0.717, 1.165) is 17.3 Å². The average molecular weight is 294 g/mol. The molecular weight excluding hydrogens is 274 g/mol. The van der Waals surface area contributed by atoms with Gasteiger partial charge in [0.25, 0.3) is 5.91 Å². The lowest BCUT2D eigenvalue weighted by Crippen LogP contribution is -2.30. The van der Waals surface area contributed by atoms with Gasteiger partial charge < -0.3 is 5.32 Å². The minimum Gasteiger partial charge on any atom is -0.349 e. The number of alkyl halides is 1. The third kappa shape index (κ3) is 3.31. The molecule has 108 valence electrons. The SMILES string of the molecule is CC(C)CC(Cl)CNC(=O)c1nn(C)c2ccccc12. The molecule has 1 aromatic carbocycles. The molecule has 0 radical (unpaired) electrons. The summed E-state index contributed by atoms with van der Waals surface area (Å²) in [6, 6.07) is 7.69. The largest absolute Gasteiger partial charge is 0.349 e. The average Bonchev–Trinajstić information content (AvgIpc) is 2.73. The molecule has 2 rings (SSSR count). The number of amides is 1. The molecule has 1 aromatic heterocycles. The molecule has 1 unspecified atom stereocenters. The van der Waals surface area contributed by atoms with Crippen molar-refractivity contribution in [3.63, 3.8) is 0 Å². The highest BCUT2D eigenvalue weighted by atomic mass is 35.5. The highest BCUT2D eigenvalue weighted by molar-refractivity contribution is 6.21. The highest BCUT2D eigenvalue weighted by Crippen LogP contribution is 2.17. The van der Waals surface area contributed by atoms with E-state index in [1.807, 2.05) is 31.3 Å². The number of para-hydroxylation sites is 1. The molecule has 0 bridgehead atoms. The summed E-state index contributed by atoms with van der Waals surface area (Å²) >= 11 is 6.19. The smallest absolute Gasteiger partial charge is 0.272 e. The van der Waals surface area contributed by atoms with E-state index in [9.17, 15) is 4.79 Å². The summed E-state index contributed by atoms with van der Waals surface area (Å²) < 4.78 is 1.72. The number of carbonyl (C=O) groups excluding carboxylic acids is 1. The molecule has 0 aliphatic carbocycles. The number of aromatic nitrogens is 2. The van der Waals surface area contributed by atoms with Gasteiger partial charge in [-0.2, -0.15) is 5.10 Å². The number of rotatable bonds is 5. The van der Waals surface area contributed by atoms with E-state index in [4.69, 9.17) is 11.6 Å². The number of nitrogens with zero attached hydrogens (tertiary/aromatic N) is 2. The van der Waals surface area contributed by atoms with Crippen LogP contribution < -0.4 is 5.32 Å². The second kappa shape index (κ2) is 6.27. The third-order valence-electron chi connectivity index (χ3n) is 3.18. The summed E-state index contributed by atoms with van der Waals surface area (Å²) in [5.41, 5.74) is 1.40. The van der Waals surface area contributed by atoms with Crippen LogP contribution in [0.25, 0.3) is 10.9 Å². The zero-order chi connectivity index (χ0) is 14.7. The first-order valence-electron chi connectivity index (χ1n) is 6.83. The first-order chi connectivity index (χ1) is 9.49. The Morgan fingerprint density at radius 3 is 2.80 bits per heavy atom. The highest BCUT2D eigenvalue weighted by Gasteiger charge is 2.16. The van der Waals surface area contributed by atoms with Crippen LogP contribution in [0, 0.1) is 5.92 Å². The number of halogens is 1. The third-order valence-corrected chi connectivity index (χ3v) is 3.52. The molecule has 4 nitrogen and oxygen atoms in total. The van der Waals surface area contributed by atoms with Gasteiger partial charge >= 0.3 is 0 Å². The number of benzene rings is 1. The van der Waals surface area contributed by atoms with Gasteiger partial charge in [0.15, 0.2) is 5.69 Å². The van der Waals surface area contributed by atoms with Crippen LogP contribution in [0.5, 0.6) is 0 Å². The molecular formula is C15H20ClN3O. The number of hydrogen-bond donors (Lipinski definition) is 1. The van der Waals surface area contributed by atoms with Gasteiger partial charge in [0.1, 0.15) is 0 Å². The lowest BCUT2D eigenvalue weighted by Gasteiger charge is -2.12. The molecule has 0 saturated heterocycles. The predicted octanol–water partition coefficient (Wildman–Crippen LogP) is 2.96. The molecule has 20 heavy (non-hydrogen) atoms. The number of aryl methyl sites for hydroxylation is 1. The van der Waals surface area contributed by atoms with Crippen molar-refractivity contribution in [1.29, 1.82) is 0 Å². The summed E-state index contributed by atoms with van der Waals surface area (Å²) in [4.78, 5) is 12.2. The van der Waals surface area contributed by atoms with E-state index in [0.29, 0.717) is 18.2 Å². The monoisotopic (exact) mass is 293 g/mol. The maximum absolute atomic E-state index is 12.2. The van der Waals surface area contributed by atoms with Gasteiger partial charge in [0, 0.05) is 19.0 Å². The normalized spacial score (nSPS) is 12.8. The Morgan fingerprint density at radius 2 is 2.10 bits per heavy atom. The number of hydrogen-bond acceptors (Lipinski definition) is 2. The molecule has 0 spiro atoms. The number of carbonyl (C=O) groups is 1. The van der Waals surface area contributed by atoms with E-state index >= 15 is 0 Å². The first kappa shape index (κ1) is 14.9. The molecule has 1 heterocycles. The van der Waals surface area contributed by atoms with E-state index in [1.54, 1.807) is 4.68 Å². The molecule has 2 aromatic rings. The van der Waals surface area contributed by atoms with Crippen molar-refractivity contribution in [2.45, 2.75) is 25.6 Å². The Morgan fingerprint density at radius 1 is 1.40 bits per heavy atom. The fourth-order valence-corrected chi connectivity index (χ4v) is 2.70. The van der Waals surface area contributed by atoms with E-state index in [2.05, 4.69) is 24.3 Å². The topological polar surface area (TPSA) is 46.9 Å². The summed E-state index contributed by atoms with van der Waals surface area (Å²) in [6.07, 6.45) is 0.880. The van der Waals surface area contributed by atoms with Crippen molar-refractivity contribution < 1.29 is 4.79 Å². The minimum absolute atomic E-state index is 0.0473. The second-order valence-electron chi connectivity index (χ2n) is 5.43. The summed E-state index contributed by atoms with van der Waals surface area (Å²) in [7, 11) is 1.84. The molecule has 0 saturated carbocycles. The Balaban J connectivity index is 2.08. The van der Waals surface area contributed by atoms with Crippen LogP contribution in [-0.2, 0) is 7.05 Å². The van der Waals surface area contributed by atoms with Crippen molar-refractivity contribution in [3.05, 3.63) is 30.0 Å². The fourth-order valence-electron chi connectivity index (χ4n) is 2.26. The van der Waals surface area contributed by atoms with E-state index in [1.165, 1.54) is 0 Å². The fraction of sp³-hybridized carbons (Fsp3) is 0.467. The lowest BCUT2D eigenvalue weighted by molar-refractivity contribution is 0.0948. The van der Waals surface area contributed by atoms with E-state index in [-0.39, 0.29) is 11.3 Å². The van der Waals surface area contributed by atoms with E-state index < -0.39 is 0 Å². The van der Waals surface area contributed by atoms with Gasteiger partial charge in [-0.1, -0.05) is 32.0 Å². The zero-order valence-electron chi connectivity index (χ0n) is 12.1. The zero-order valence-corrected chi connectivity index (χ0v) is 12.8. The van der Waals surface area contributed by atoms with Crippen LogP contribution in [0.1, 0.15) is 30.8 Å². The van der Waals surface area contributed by atoms with Gasteiger partial charge in [-0.15, -0.1) is 11.6 Å². The summed E-state index contributed by atoms with van der Waals surface area (Å²) in [5, 5.41) is 7.97. The Bertz CT molecular complexity index is 606. The maximum atomic E-state index is 12.2. The van der Waals surface area contributed by atoms with Crippen LogP contribution >= 0.6 is 11.6 Å². The molecule has 0 aliphatic rings. The molecule has 1 N–H and O–H groups in total. The van der Waals surface area contributed by atoms with Gasteiger partial charge in [0.2, 0.25) is 0 Å². The van der Waals surface area contributed by atoms with Crippen molar-refractivity contribution in [2.75, 3.05) is 6.54 Å². The van der Waals surface area contributed by atoms with Gasteiger partial charge in [-0.25, -0.2) is 0 Å². The van der Waals surface area contributed by atoms with Crippen LogP contribution in [0.15, 0.2) is 24.3 Å². The predicted molar refractivity (Wildman–Crippen MR) is 82.1 cm³/mol.